The second-order valence-electron chi connectivity index (χ2n) is 5.79. The van der Waals surface area contributed by atoms with E-state index in [0.717, 1.165) is 19.4 Å². The lowest BCUT2D eigenvalue weighted by Gasteiger charge is -2.36. The molecule has 0 atom stereocenters. The third kappa shape index (κ3) is 6.65. The van der Waals surface area contributed by atoms with Gasteiger partial charge in [0.1, 0.15) is 0 Å². The smallest absolute Gasteiger partial charge is 0.205 e. The average Bonchev–Trinajstić information content (AvgIpc) is 2.21. The van der Waals surface area contributed by atoms with Gasteiger partial charge < -0.3 is 4.43 Å². The first-order valence-corrected chi connectivity index (χ1v) is 9.27. The number of carbonyl (C=O) groups is 1. The minimum absolute atomic E-state index is 0.0234. The third-order valence-corrected chi connectivity index (χ3v) is 7.80. The summed E-state index contributed by atoms with van der Waals surface area (Å²) in [6.07, 6.45) is 2.17. The van der Waals surface area contributed by atoms with Crippen LogP contribution >= 0.6 is 0 Å². The molecule has 17 heavy (non-hydrogen) atoms. The molecule has 0 heterocycles. The first-order valence-electron chi connectivity index (χ1n) is 6.36. The van der Waals surface area contributed by atoms with Crippen LogP contribution in [0, 0.1) is 11.8 Å². The fourth-order valence-electron chi connectivity index (χ4n) is 0.954. The number of carbonyl (C=O) groups excluding carboxylic acids is 1. The highest BCUT2D eigenvalue weighted by atomic mass is 28.4. The Kier molecular flexibility index (Phi) is 6.73. The van der Waals surface area contributed by atoms with E-state index in [1.54, 1.807) is 0 Å². The van der Waals surface area contributed by atoms with Gasteiger partial charge >= 0.3 is 0 Å². The molecule has 0 unspecified atom stereocenters. The predicted molar refractivity (Wildman–Crippen MR) is 75.5 cm³/mol. The monoisotopic (exact) mass is 254 g/mol. The van der Waals surface area contributed by atoms with Crippen molar-refractivity contribution < 1.29 is 9.22 Å². The summed E-state index contributed by atoms with van der Waals surface area (Å²) in [7, 11) is -1.61. The Balaban J connectivity index is 3.86. The summed E-state index contributed by atoms with van der Waals surface area (Å²) in [6.45, 7) is 13.8. The van der Waals surface area contributed by atoms with Gasteiger partial charge in [-0.05, 0) is 30.5 Å². The Bertz CT molecular complexity index is 302. The molecule has 0 rings (SSSR count). The average molecular weight is 254 g/mol. The molecular weight excluding hydrogens is 228 g/mol. The molecule has 0 amide bonds. The zero-order valence-electron chi connectivity index (χ0n) is 12.1. The standard InChI is InChI=1S/C14H26O2Si/c1-7-13(15)11-9-8-10-12-16-17(5,6)14(2,3)4/h7-8,10,12H2,1-6H3. The maximum Gasteiger partial charge on any atom is 0.205 e. The molecule has 0 aliphatic heterocycles. The summed E-state index contributed by atoms with van der Waals surface area (Å²) >= 11 is 0. The predicted octanol–water partition coefficient (Wildman–Crippen LogP) is 3.77. The van der Waals surface area contributed by atoms with Crippen LogP contribution in [0.15, 0.2) is 0 Å². The van der Waals surface area contributed by atoms with Crippen molar-refractivity contribution in [3.8, 4) is 11.8 Å². The zero-order valence-corrected chi connectivity index (χ0v) is 13.1. The van der Waals surface area contributed by atoms with Crippen LogP contribution in [-0.2, 0) is 9.22 Å². The van der Waals surface area contributed by atoms with Crippen molar-refractivity contribution in [3.63, 3.8) is 0 Å². The van der Waals surface area contributed by atoms with E-state index in [4.69, 9.17) is 4.43 Å². The molecule has 0 aromatic carbocycles. The lowest BCUT2D eigenvalue weighted by atomic mass is 10.2. The Morgan fingerprint density at radius 2 is 1.88 bits per heavy atom. The van der Waals surface area contributed by atoms with Crippen molar-refractivity contribution in [3.05, 3.63) is 0 Å². The largest absolute Gasteiger partial charge is 0.417 e. The van der Waals surface area contributed by atoms with E-state index in [-0.39, 0.29) is 10.8 Å². The summed E-state index contributed by atoms with van der Waals surface area (Å²) in [6, 6.07) is 0. The first kappa shape index (κ1) is 16.4. The summed E-state index contributed by atoms with van der Waals surface area (Å²) in [4.78, 5) is 10.9. The van der Waals surface area contributed by atoms with E-state index in [9.17, 15) is 4.79 Å². The Hall–Kier alpha value is -0.593. The van der Waals surface area contributed by atoms with E-state index in [1.165, 1.54) is 0 Å². The number of Topliss-reactive ketones (excluding diaryl/α,β-unsaturated/α-hetero) is 1. The van der Waals surface area contributed by atoms with Gasteiger partial charge in [-0.15, -0.1) is 0 Å². The van der Waals surface area contributed by atoms with Crippen molar-refractivity contribution in [2.24, 2.45) is 0 Å². The molecule has 0 saturated heterocycles. The van der Waals surface area contributed by atoms with Gasteiger partial charge in [0.2, 0.25) is 5.78 Å². The van der Waals surface area contributed by atoms with Crippen LogP contribution in [0.3, 0.4) is 0 Å². The van der Waals surface area contributed by atoms with Crippen LogP contribution in [0.5, 0.6) is 0 Å². The molecule has 3 heteroatoms. The molecule has 2 nitrogen and oxygen atoms in total. The molecule has 0 spiro atoms. The van der Waals surface area contributed by atoms with Crippen LogP contribution < -0.4 is 0 Å². The van der Waals surface area contributed by atoms with Crippen molar-refractivity contribution in [1.82, 2.24) is 0 Å². The van der Waals surface area contributed by atoms with Crippen LogP contribution in [0.4, 0.5) is 0 Å². The van der Waals surface area contributed by atoms with Crippen LogP contribution in [0.1, 0.15) is 47.0 Å². The topological polar surface area (TPSA) is 26.3 Å². The van der Waals surface area contributed by atoms with Gasteiger partial charge in [0.05, 0.1) is 0 Å². The normalized spacial score (nSPS) is 11.9. The minimum atomic E-state index is -1.61. The lowest BCUT2D eigenvalue weighted by molar-refractivity contribution is -0.113. The highest BCUT2D eigenvalue weighted by Crippen LogP contribution is 2.36. The van der Waals surface area contributed by atoms with Crippen molar-refractivity contribution in [2.45, 2.75) is 65.1 Å². The van der Waals surface area contributed by atoms with Gasteiger partial charge in [0.25, 0.3) is 0 Å². The van der Waals surface area contributed by atoms with Gasteiger partial charge in [0.15, 0.2) is 8.32 Å². The molecule has 0 aliphatic rings. The molecule has 0 aromatic rings. The summed E-state index contributed by atoms with van der Waals surface area (Å²) in [5.41, 5.74) is 0. The Labute approximate surface area is 107 Å². The minimum Gasteiger partial charge on any atom is -0.417 e. The Morgan fingerprint density at radius 1 is 1.29 bits per heavy atom. The van der Waals surface area contributed by atoms with E-state index >= 15 is 0 Å². The number of hydrogen-bond donors (Lipinski definition) is 0. The lowest BCUT2D eigenvalue weighted by Crippen LogP contribution is -2.40. The fourth-order valence-corrected chi connectivity index (χ4v) is 2.04. The highest BCUT2D eigenvalue weighted by Gasteiger charge is 2.36. The second-order valence-corrected chi connectivity index (χ2v) is 10.6. The van der Waals surface area contributed by atoms with Gasteiger partial charge in [-0.2, -0.15) is 0 Å². The molecule has 0 aromatic heterocycles. The third-order valence-electron chi connectivity index (χ3n) is 3.26. The van der Waals surface area contributed by atoms with Crippen LogP contribution in [-0.4, -0.2) is 20.7 Å². The molecule has 0 fully saturated rings. The molecule has 0 radical (unpaired) electrons. The molecular formula is C14H26O2Si. The molecule has 0 aliphatic carbocycles. The molecule has 98 valence electrons. The first-order chi connectivity index (χ1) is 7.70. The van der Waals surface area contributed by atoms with E-state index in [0.29, 0.717) is 6.42 Å². The second kappa shape index (κ2) is 6.98. The molecule has 0 saturated carbocycles. The number of unbranched alkanes of at least 4 members (excludes halogenated alkanes) is 1. The number of hydrogen-bond acceptors (Lipinski definition) is 2. The molecule has 0 bridgehead atoms. The van der Waals surface area contributed by atoms with Crippen molar-refractivity contribution in [2.75, 3.05) is 6.61 Å². The van der Waals surface area contributed by atoms with Gasteiger partial charge in [-0.1, -0.05) is 33.6 Å². The Morgan fingerprint density at radius 3 is 2.35 bits per heavy atom. The number of rotatable bonds is 5. The summed E-state index contributed by atoms with van der Waals surface area (Å²) in [5.74, 6) is 5.55. The zero-order chi connectivity index (χ0) is 13.5. The van der Waals surface area contributed by atoms with Crippen molar-refractivity contribution >= 4 is 14.1 Å². The summed E-state index contributed by atoms with van der Waals surface area (Å²) in [5, 5.41) is 0.261. The van der Waals surface area contributed by atoms with Crippen LogP contribution in [0.25, 0.3) is 0 Å². The van der Waals surface area contributed by atoms with Crippen molar-refractivity contribution in [1.29, 1.82) is 0 Å². The van der Waals surface area contributed by atoms with E-state index in [2.05, 4.69) is 45.7 Å². The molecule has 0 N–H and O–H groups in total. The van der Waals surface area contributed by atoms with E-state index < -0.39 is 8.32 Å². The van der Waals surface area contributed by atoms with Gasteiger partial charge in [-0.25, -0.2) is 0 Å². The maximum atomic E-state index is 10.9. The van der Waals surface area contributed by atoms with Gasteiger partial charge in [-0.3, -0.25) is 4.79 Å². The highest BCUT2D eigenvalue weighted by molar-refractivity contribution is 6.74. The SMILES string of the molecule is CCC(=O)C#CCCCO[Si](C)(C)C(C)(C)C. The quantitative estimate of drug-likeness (QED) is 0.323. The maximum absolute atomic E-state index is 10.9. The van der Waals surface area contributed by atoms with Gasteiger partial charge in [0, 0.05) is 19.4 Å². The van der Waals surface area contributed by atoms with E-state index in [1.807, 2.05) is 6.92 Å². The fraction of sp³-hybridized carbons (Fsp3) is 0.786. The number of ketones is 1. The van der Waals surface area contributed by atoms with Crippen LogP contribution in [0.2, 0.25) is 18.1 Å². The summed E-state index contributed by atoms with van der Waals surface area (Å²) < 4.78 is 6.01.